The van der Waals surface area contributed by atoms with Gasteiger partial charge in [-0.1, -0.05) is 0 Å². The second-order valence-electron chi connectivity index (χ2n) is 3.46. The van der Waals surface area contributed by atoms with E-state index in [0.29, 0.717) is 12.1 Å². The number of halogens is 3. The number of carbonyl (C=O) groups is 1. The Kier molecular flexibility index (Phi) is 2.75. The first kappa shape index (κ1) is 11.4. The van der Waals surface area contributed by atoms with Crippen molar-refractivity contribution in [3.05, 3.63) is 47.5 Å². The highest BCUT2D eigenvalue weighted by Gasteiger charge is 2.17. The van der Waals surface area contributed by atoms with Crippen molar-refractivity contribution in [2.75, 3.05) is 0 Å². The van der Waals surface area contributed by atoms with Gasteiger partial charge in [0.1, 0.15) is 23.2 Å². The van der Waals surface area contributed by atoms with E-state index in [2.05, 4.69) is 0 Å². The molecule has 0 fully saturated rings. The Morgan fingerprint density at radius 1 is 1.12 bits per heavy atom. The van der Waals surface area contributed by atoms with E-state index in [4.69, 9.17) is 4.42 Å². The fraction of sp³-hybridized carbons (Fsp3) is 0.0833. The number of benzene rings is 1. The van der Waals surface area contributed by atoms with Gasteiger partial charge in [-0.05, 0) is 12.1 Å². The van der Waals surface area contributed by atoms with Crippen molar-refractivity contribution < 1.29 is 22.4 Å². The molecule has 0 saturated carbocycles. The summed E-state index contributed by atoms with van der Waals surface area (Å²) in [6.45, 7) is 1.26. The quantitative estimate of drug-likeness (QED) is 0.751. The number of ketones is 1. The molecule has 0 amide bonds. The standard InChI is InChI=1S/C12H7F3O2/c1-6(16)10-2-3-11(17-10)12-8(14)4-7(13)5-9(12)15/h2-5H,1H3. The molecule has 0 radical (unpaired) electrons. The summed E-state index contributed by atoms with van der Waals surface area (Å²) in [6, 6.07) is 3.67. The minimum absolute atomic E-state index is 0.0110. The lowest BCUT2D eigenvalue weighted by atomic mass is 10.1. The molecule has 0 bridgehead atoms. The fourth-order valence-electron chi connectivity index (χ4n) is 1.44. The van der Waals surface area contributed by atoms with Crippen LogP contribution in [0, 0.1) is 17.5 Å². The molecule has 5 heteroatoms. The van der Waals surface area contributed by atoms with Crippen molar-refractivity contribution >= 4 is 5.78 Å². The Bertz CT molecular complexity index is 564. The topological polar surface area (TPSA) is 30.2 Å². The van der Waals surface area contributed by atoms with Crippen LogP contribution in [-0.2, 0) is 0 Å². The zero-order chi connectivity index (χ0) is 12.6. The van der Waals surface area contributed by atoms with Gasteiger partial charge >= 0.3 is 0 Å². The Morgan fingerprint density at radius 3 is 2.18 bits per heavy atom. The predicted octanol–water partition coefficient (Wildman–Crippen LogP) is 3.57. The molecule has 0 unspecified atom stereocenters. The van der Waals surface area contributed by atoms with Gasteiger partial charge in [0, 0.05) is 19.1 Å². The Labute approximate surface area is 94.7 Å². The summed E-state index contributed by atoms with van der Waals surface area (Å²) < 4.78 is 44.4. The van der Waals surface area contributed by atoms with E-state index in [9.17, 15) is 18.0 Å². The Morgan fingerprint density at radius 2 is 1.71 bits per heavy atom. The molecule has 0 N–H and O–H groups in total. The predicted molar refractivity (Wildman–Crippen MR) is 54.0 cm³/mol. The van der Waals surface area contributed by atoms with Crippen molar-refractivity contribution in [1.82, 2.24) is 0 Å². The van der Waals surface area contributed by atoms with Gasteiger partial charge in [0.05, 0.1) is 5.56 Å². The molecule has 2 aromatic rings. The van der Waals surface area contributed by atoms with Crippen LogP contribution in [0.2, 0.25) is 0 Å². The molecule has 17 heavy (non-hydrogen) atoms. The normalized spacial score (nSPS) is 10.6. The molecular formula is C12H7F3O2. The van der Waals surface area contributed by atoms with Crippen LogP contribution in [0.1, 0.15) is 17.5 Å². The van der Waals surface area contributed by atoms with Crippen molar-refractivity contribution in [2.24, 2.45) is 0 Å². The summed E-state index contributed by atoms with van der Waals surface area (Å²) in [6.07, 6.45) is 0. The van der Waals surface area contributed by atoms with Crippen molar-refractivity contribution in [1.29, 1.82) is 0 Å². The lowest BCUT2D eigenvalue weighted by molar-refractivity contribution is 0.0988. The lowest BCUT2D eigenvalue weighted by Crippen LogP contribution is -1.91. The molecule has 2 rings (SSSR count). The van der Waals surface area contributed by atoms with E-state index in [0.717, 1.165) is 0 Å². The number of hydrogen-bond acceptors (Lipinski definition) is 2. The lowest BCUT2D eigenvalue weighted by Gasteiger charge is -2.01. The van der Waals surface area contributed by atoms with Crippen molar-refractivity contribution in [3.63, 3.8) is 0 Å². The molecule has 1 aromatic heterocycles. The molecule has 0 spiro atoms. The average molecular weight is 240 g/mol. The van der Waals surface area contributed by atoms with Crippen LogP contribution in [0.15, 0.2) is 28.7 Å². The van der Waals surface area contributed by atoms with E-state index in [-0.39, 0.29) is 17.3 Å². The van der Waals surface area contributed by atoms with Gasteiger partial charge in [-0.3, -0.25) is 4.79 Å². The third-order valence-electron chi connectivity index (χ3n) is 2.21. The van der Waals surface area contributed by atoms with Crippen LogP contribution in [-0.4, -0.2) is 5.78 Å². The second-order valence-corrected chi connectivity index (χ2v) is 3.46. The molecular weight excluding hydrogens is 233 g/mol. The molecule has 1 heterocycles. The molecule has 1 aromatic carbocycles. The molecule has 0 saturated heterocycles. The highest BCUT2D eigenvalue weighted by molar-refractivity contribution is 5.91. The van der Waals surface area contributed by atoms with Gasteiger partial charge in [0.15, 0.2) is 11.5 Å². The summed E-state index contributed by atoms with van der Waals surface area (Å²) >= 11 is 0. The van der Waals surface area contributed by atoms with Crippen LogP contribution in [0.25, 0.3) is 11.3 Å². The minimum Gasteiger partial charge on any atom is -0.453 e. The largest absolute Gasteiger partial charge is 0.453 e. The monoisotopic (exact) mass is 240 g/mol. The number of Topliss-reactive ketones (excluding diaryl/α,β-unsaturated/α-hetero) is 1. The highest BCUT2D eigenvalue weighted by atomic mass is 19.1. The van der Waals surface area contributed by atoms with Gasteiger partial charge < -0.3 is 4.42 Å². The summed E-state index contributed by atoms with van der Waals surface area (Å²) in [5.74, 6) is -3.69. The Balaban J connectivity index is 2.56. The fourth-order valence-corrected chi connectivity index (χ4v) is 1.44. The van der Waals surface area contributed by atoms with Crippen LogP contribution < -0.4 is 0 Å². The van der Waals surface area contributed by atoms with E-state index in [1.807, 2.05) is 0 Å². The zero-order valence-corrected chi connectivity index (χ0v) is 8.76. The van der Waals surface area contributed by atoms with E-state index < -0.39 is 23.0 Å². The summed E-state index contributed by atoms with van der Waals surface area (Å²) in [4.78, 5) is 11.0. The van der Waals surface area contributed by atoms with Gasteiger partial charge in [-0.2, -0.15) is 0 Å². The third-order valence-corrected chi connectivity index (χ3v) is 2.21. The number of carbonyl (C=O) groups excluding carboxylic acids is 1. The second kappa shape index (κ2) is 4.08. The molecule has 0 aliphatic carbocycles. The summed E-state index contributed by atoms with van der Waals surface area (Å²) in [7, 11) is 0. The number of furan rings is 1. The van der Waals surface area contributed by atoms with Gasteiger partial charge in [0.25, 0.3) is 0 Å². The molecule has 88 valence electrons. The number of hydrogen-bond donors (Lipinski definition) is 0. The third kappa shape index (κ3) is 2.08. The average Bonchev–Trinajstić information content (AvgIpc) is 2.65. The molecule has 2 nitrogen and oxygen atoms in total. The van der Waals surface area contributed by atoms with Crippen molar-refractivity contribution in [3.8, 4) is 11.3 Å². The maximum absolute atomic E-state index is 13.4. The van der Waals surface area contributed by atoms with Gasteiger partial charge in [-0.15, -0.1) is 0 Å². The first-order valence-electron chi connectivity index (χ1n) is 4.74. The van der Waals surface area contributed by atoms with Crippen LogP contribution >= 0.6 is 0 Å². The Hall–Kier alpha value is -2.04. The van der Waals surface area contributed by atoms with Crippen molar-refractivity contribution in [2.45, 2.75) is 6.92 Å². The van der Waals surface area contributed by atoms with E-state index in [1.54, 1.807) is 0 Å². The minimum atomic E-state index is -1.08. The molecule has 0 atom stereocenters. The number of rotatable bonds is 2. The SMILES string of the molecule is CC(=O)c1ccc(-c2c(F)cc(F)cc2F)o1. The van der Waals surface area contributed by atoms with E-state index in [1.165, 1.54) is 19.1 Å². The maximum Gasteiger partial charge on any atom is 0.194 e. The van der Waals surface area contributed by atoms with Crippen LogP contribution in [0.4, 0.5) is 13.2 Å². The summed E-state index contributed by atoms with van der Waals surface area (Å²) in [5, 5.41) is 0. The smallest absolute Gasteiger partial charge is 0.194 e. The maximum atomic E-state index is 13.4. The van der Waals surface area contributed by atoms with Crippen LogP contribution in [0.3, 0.4) is 0 Å². The molecule has 0 aliphatic heterocycles. The van der Waals surface area contributed by atoms with Crippen LogP contribution in [0.5, 0.6) is 0 Å². The highest BCUT2D eigenvalue weighted by Crippen LogP contribution is 2.28. The first-order chi connectivity index (χ1) is 7.99. The zero-order valence-electron chi connectivity index (χ0n) is 8.76. The first-order valence-corrected chi connectivity index (χ1v) is 4.74. The molecule has 0 aliphatic rings. The summed E-state index contributed by atoms with van der Waals surface area (Å²) in [5.41, 5.74) is -0.487. The van der Waals surface area contributed by atoms with Gasteiger partial charge in [0.2, 0.25) is 0 Å². The van der Waals surface area contributed by atoms with E-state index >= 15 is 0 Å². The van der Waals surface area contributed by atoms with Gasteiger partial charge in [-0.25, -0.2) is 13.2 Å².